The van der Waals surface area contributed by atoms with Crippen LogP contribution in [0.5, 0.6) is 5.75 Å². The standard InChI is InChI=1S/C18H19N3O5S.2H2O/c1-2-3-10-8-27-17-13(16(24)21(17)14(10)18(25)26)20-15(23)12(19)9-4-6-11(22)7-5-9;;/h2-7,12-13,17,22H,8,19H2,1H3,(H,20,23)(H,25,26);2*1H2/b3-2+;;/t12-,13-,17-;;/m1../s1. The molecule has 3 rings (SSSR count). The van der Waals surface area contributed by atoms with Crippen molar-refractivity contribution in [3.8, 4) is 5.75 Å². The normalized spacial score (nSPS) is 21.4. The Bertz CT molecular complexity index is 854. The molecule has 2 aliphatic rings. The van der Waals surface area contributed by atoms with Crippen molar-refractivity contribution in [3.63, 3.8) is 0 Å². The van der Waals surface area contributed by atoms with E-state index in [-0.39, 0.29) is 22.4 Å². The second kappa shape index (κ2) is 9.56. The fourth-order valence-electron chi connectivity index (χ4n) is 3.05. The van der Waals surface area contributed by atoms with Gasteiger partial charge in [0.1, 0.15) is 28.9 Å². The monoisotopic (exact) mass is 425 g/mol. The van der Waals surface area contributed by atoms with E-state index in [0.29, 0.717) is 16.9 Å². The topological polar surface area (TPSA) is 196 Å². The smallest absolute Gasteiger partial charge is 0.352 e. The largest absolute Gasteiger partial charge is 0.508 e. The predicted molar refractivity (Wildman–Crippen MR) is 107 cm³/mol. The van der Waals surface area contributed by atoms with Crippen molar-refractivity contribution in [2.75, 3.05) is 5.75 Å². The Labute approximate surface area is 170 Å². The molecule has 3 atom stereocenters. The third-order valence-electron chi connectivity index (χ3n) is 4.40. The number of fused-ring (bicyclic) bond motifs is 1. The molecule has 0 aromatic heterocycles. The average molecular weight is 425 g/mol. The minimum absolute atomic E-state index is 0. The zero-order valence-corrected chi connectivity index (χ0v) is 16.3. The maximum atomic E-state index is 12.5. The molecule has 11 heteroatoms. The van der Waals surface area contributed by atoms with E-state index in [1.165, 1.54) is 40.9 Å². The highest BCUT2D eigenvalue weighted by Crippen LogP contribution is 2.40. The third kappa shape index (κ3) is 4.43. The molecule has 1 saturated heterocycles. The van der Waals surface area contributed by atoms with E-state index in [2.05, 4.69) is 5.32 Å². The number of hydrogen-bond acceptors (Lipinski definition) is 6. The van der Waals surface area contributed by atoms with Crippen LogP contribution in [0.25, 0.3) is 0 Å². The number of carboxylic acids is 1. The molecule has 9 N–H and O–H groups in total. The number of carbonyl (C=O) groups is 3. The Kier molecular flexibility index (Phi) is 7.97. The lowest BCUT2D eigenvalue weighted by Gasteiger charge is -2.49. The Morgan fingerprint density at radius 1 is 1.31 bits per heavy atom. The SMILES string of the molecule is C/C=C/C1=C(C(=O)O)N2C(=O)[C@@H](NC(=O)[C@H](N)c3ccc(O)cc3)[C@H]2SC1.O.O. The van der Waals surface area contributed by atoms with Crippen LogP contribution in [0, 0.1) is 0 Å². The molecule has 0 radical (unpaired) electrons. The number of carbonyl (C=O) groups excluding carboxylic acids is 2. The molecule has 0 aliphatic carbocycles. The molecular formula is C18H23N3O7S. The molecule has 0 unspecified atom stereocenters. The highest BCUT2D eigenvalue weighted by Gasteiger charge is 2.54. The van der Waals surface area contributed by atoms with E-state index in [1.54, 1.807) is 19.1 Å². The zero-order valence-electron chi connectivity index (χ0n) is 15.5. The van der Waals surface area contributed by atoms with E-state index < -0.39 is 35.2 Å². The van der Waals surface area contributed by atoms with E-state index in [9.17, 15) is 24.6 Å². The molecule has 158 valence electrons. The average Bonchev–Trinajstić information content (AvgIpc) is 2.65. The second-order valence-electron chi connectivity index (χ2n) is 6.14. The zero-order chi connectivity index (χ0) is 19.7. The van der Waals surface area contributed by atoms with Crippen molar-refractivity contribution in [1.29, 1.82) is 0 Å². The number of phenolic OH excluding ortho intramolecular Hbond substituents is 1. The lowest BCUT2D eigenvalue weighted by Crippen LogP contribution is -2.71. The number of phenols is 1. The van der Waals surface area contributed by atoms with Gasteiger partial charge in [-0.25, -0.2) is 4.79 Å². The van der Waals surface area contributed by atoms with Crippen LogP contribution < -0.4 is 11.1 Å². The molecule has 2 heterocycles. The van der Waals surface area contributed by atoms with Crippen LogP contribution in [0.3, 0.4) is 0 Å². The molecule has 29 heavy (non-hydrogen) atoms. The van der Waals surface area contributed by atoms with Crippen molar-refractivity contribution in [2.45, 2.75) is 24.4 Å². The van der Waals surface area contributed by atoms with E-state index >= 15 is 0 Å². The van der Waals surface area contributed by atoms with Crippen molar-refractivity contribution >= 4 is 29.5 Å². The Morgan fingerprint density at radius 2 is 1.93 bits per heavy atom. The summed E-state index contributed by atoms with van der Waals surface area (Å²) in [5, 5.41) is 20.9. The van der Waals surface area contributed by atoms with Gasteiger partial charge in [0.25, 0.3) is 5.91 Å². The van der Waals surface area contributed by atoms with Gasteiger partial charge in [0.15, 0.2) is 0 Å². The van der Waals surface area contributed by atoms with Crippen molar-refractivity contribution in [2.24, 2.45) is 5.73 Å². The summed E-state index contributed by atoms with van der Waals surface area (Å²) >= 11 is 1.39. The molecule has 1 aromatic rings. The number of amides is 2. The first-order valence-corrected chi connectivity index (χ1v) is 9.28. The number of carboxylic acid groups (broad SMARTS) is 1. The van der Waals surface area contributed by atoms with Gasteiger partial charge in [-0.3, -0.25) is 14.5 Å². The minimum Gasteiger partial charge on any atom is -0.508 e. The first-order chi connectivity index (χ1) is 12.8. The van der Waals surface area contributed by atoms with E-state index in [4.69, 9.17) is 5.73 Å². The summed E-state index contributed by atoms with van der Waals surface area (Å²) in [7, 11) is 0. The van der Waals surface area contributed by atoms with E-state index in [0.717, 1.165) is 0 Å². The van der Waals surface area contributed by atoms with Crippen LogP contribution in [0.15, 0.2) is 47.7 Å². The molecular weight excluding hydrogens is 402 g/mol. The van der Waals surface area contributed by atoms with Gasteiger partial charge in [0.05, 0.1) is 0 Å². The quantitative estimate of drug-likeness (QED) is 0.436. The number of hydrogen-bond donors (Lipinski definition) is 4. The van der Waals surface area contributed by atoms with Crippen LogP contribution in [0.4, 0.5) is 0 Å². The highest BCUT2D eigenvalue weighted by atomic mass is 32.2. The number of allylic oxidation sites excluding steroid dienone is 2. The van der Waals surface area contributed by atoms with E-state index in [1.807, 2.05) is 0 Å². The molecule has 0 spiro atoms. The molecule has 0 bridgehead atoms. The summed E-state index contributed by atoms with van der Waals surface area (Å²) in [5.74, 6) is -1.71. The van der Waals surface area contributed by atoms with Crippen LogP contribution in [-0.4, -0.2) is 61.0 Å². The van der Waals surface area contributed by atoms with Crippen molar-refractivity contribution < 1.29 is 35.5 Å². The van der Waals surface area contributed by atoms with Crippen LogP contribution in [-0.2, 0) is 14.4 Å². The maximum absolute atomic E-state index is 12.5. The lowest BCUT2D eigenvalue weighted by molar-refractivity contribution is -0.150. The van der Waals surface area contributed by atoms with Gasteiger partial charge < -0.3 is 32.2 Å². The first kappa shape index (κ1) is 24.2. The van der Waals surface area contributed by atoms with Gasteiger partial charge in [-0.15, -0.1) is 11.8 Å². The van der Waals surface area contributed by atoms with Gasteiger partial charge in [0, 0.05) is 5.75 Å². The number of thioether (sulfide) groups is 1. The first-order valence-electron chi connectivity index (χ1n) is 8.24. The lowest BCUT2D eigenvalue weighted by atomic mass is 10.0. The Hall–Kier alpha value is -2.86. The maximum Gasteiger partial charge on any atom is 0.352 e. The molecule has 1 fully saturated rings. The number of aliphatic carboxylic acids is 1. The fourth-order valence-corrected chi connectivity index (χ4v) is 4.37. The van der Waals surface area contributed by atoms with Gasteiger partial charge in [0.2, 0.25) is 5.91 Å². The van der Waals surface area contributed by atoms with Crippen LogP contribution >= 0.6 is 11.8 Å². The third-order valence-corrected chi connectivity index (χ3v) is 5.70. The molecule has 10 nitrogen and oxygen atoms in total. The number of nitrogens with two attached hydrogens (primary N) is 1. The number of β-lactam (4-membered cyclic amide) rings is 1. The summed E-state index contributed by atoms with van der Waals surface area (Å²) in [6, 6.07) is 4.06. The minimum atomic E-state index is -1.17. The second-order valence-corrected chi connectivity index (χ2v) is 7.25. The fraction of sp³-hybridized carbons (Fsp3) is 0.278. The van der Waals surface area contributed by atoms with Crippen LogP contribution in [0.1, 0.15) is 18.5 Å². The van der Waals surface area contributed by atoms with Crippen molar-refractivity contribution in [1.82, 2.24) is 10.2 Å². The summed E-state index contributed by atoms with van der Waals surface area (Å²) in [5.41, 5.74) is 6.93. The van der Waals surface area contributed by atoms with Crippen molar-refractivity contribution in [3.05, 3.63) is 53.3 Å². The summed E-state index contributed by atoms with van der Waals surface area (Å²) in [6.07, 6.45) is 3.39. The number of nitrogens with zero attached hydrogens (tertiary/aromatic N) is 1. The Morgan fingerprint density at radius 3 is 2.48 bits per heavy atom. The summed E-state index contributed by atoms with van der Waals surface area (Å²) in [6.45, 7) is 1.77. The Balaban J connectivity index is 0.00000210. The van der Waals surface area contributed by atoms with Gasteiger partial charge in [-0.1, -0.05) is 24.3 Å². The summed E-state index contributed by atoms with van der Waals surface area (Å²) in [4.78, 5) is 37.7. The number of aromatic hydroxyl groups is 1. The number of benzene rings is 1. The molecule has 2 aliphatic heterocycles. The van der Waals surface area contributed by atoms with Gasteiger partial charge in [-0.05, 0) is 30.2 Å². The molecule has 2 amide bonds. The number of nitrogens with one attached hydrogen (secondary N) is 1. The van der Waals surface area contributed by atoms with Gasteiger partial charge >= 0.3 is 5.97 Å². The van der Waals surface area contributed by atoms with Crippen LogP contribution in [0.2, 0.25) is 0 Å². The molecule has 1 aromatic carbocycles. The van der Waals surface area contributed by atoms with Gasteiger partial charge in [-0.2, -0.15) is 0 Å². The predicted octanol–water partition coefficient (Wildman–Crippen LogP) is -0.943. The number of rotatable bonds is 5. The molecule has 0 saturated carbocycles. The highest BCUT2D eigenvalue weighted by molar-refractivity contribution is 8.00. The summed E-state index contributed by atoms with van der Waals surface area (Å²) < 4.78 is 0.